The van der Waals surface area contributed by atoms with Gasteiger partial charge in [-0.1, -0.05) is 11.6 Å². The van der Waals surface area contributed by atoms with Gasteiger partial charge in [-0.25, -0.2) is 23.1 Å². The third-order valence-corrected chi connectivity index (χ3v) is 5.51. The molecule has 0 saturated heterocycles. The monoisotopic (exact) mass is 447 g/mol. The van der Waals surface area contributed by atoms with Gasteiger partial charge in [0.1, 0.15) is 0 Å². The van der Waals surface area contributed by atoms with E-state index in [0.717, 1.165) is 12.1 Å². The van der Waals surface area contributed by atoms with Crippen LogP contribution in [0.4, 0.5) is 17.3 Å². The van der Waals surface area contributed by atoms with Gasteiger partial charge >= 0.3 is 0 Å². The first-order valence-corrected chi connectivity index (χ1v) is 10.2. The maximum Gasteiger partial charge on any atom is 0.270 e. The lowest BCUT2D eigenvalue weighted by atomic mass is 10.2. The first-order chi connectivity index (χ1) is 14.2. The van der Waals surface area contributed by atoms with Crippen molar-refractivity contribution >= 4 is 44.9 Å². The van der Waals surface area contributed by atoms with Crippen LogP contribution in [0, 0.1) is 17.0 Å². The molecule has 0 saturated carbocycles. The molecule has 0 fully saturated rings. The van der Waals surface area contributed by atoms with Crippen molar-refractivity contribution in [1.82, 2.24) is 9.97 Å². The molecule has 0 atom stereocenters. The fourth-order valence-electron chi connectivity index (χ4n) is 2.39. The minimum absolute atomic E-state index is 0.0391. The Morgan fingerprint density at radius 1 is 1.13 bits per heavy atom. The Kier molecular flexibility index (Phi) is 5.94. The number of nitro benzene ring substituents is 1. The Bertz CT molecular complexity index is 1230. The third kappa shape index (κ3) is 4.88. The molecule has 3 aromatic rings. The molecule has 0 bridgehead atoms. The first kappa shape index (κ1) is 21.1. The Hall–Kier alpha value is -3.57. The van der Waals surface area contributed by atoms with Crippen molar-refractivity contribution in [2.45, 2.75) is 11.8 Å². The van der Waals surface area contributed by atoms with Gasteiger partial charge in [0.05, 0.1) is 20.4 Å². The number of non-ortho nitro benzene ring substituents is 1. The number of rotatable bonds is 6. The highest BCUT2D eigenvalue weighted by Gasteiger charge is 2.17. The number of aromatic nitrogens is 2. The van der Waals surface area contributed by atoms with Crippen LogP contribution < -0.4 is 10.0 Å². The van der Waals surface area contributed by atoms with Crippen molar-refractivity contribution in [3.8, 4) is 0 Å². The van der Waals surface area contributed by atoms with E-state index < -0.39 is 20.9 Å². The SMILES string of the molecule is Cc1ccnc(NS(=O)(=O)c2ccc(NC(=O)c3ccc([N+](=O)[O-])cc3Cl)cc2)n1. The van der Waals surface area contributed by atoms with Crippen molar-refractivity contribution < 1.29 is 18.1 Å². The smallest absolute Gasteiger partial charge is 0.270 e. The first-order valence-electron chi connectivity index (χ1n) is 8.33. The molecule has 0 spiro atoms. The third-order valence-electron chi connectivity index (χ3n) is 3.85. The minimum atomic E-state index is -3.92. The second-order valence-electron chi connectivity index (χ2n) is 6.03. The number of nitrogens with zero attached hydrogens (tertiary/aromatic N) is 3. The molecule has 2 aromatic carbocycles. The molecule has 0 radical (unpaired) electrons. The molecule has 3 rings (SSSR count). The molecule has 1 heterocycles. The fraction of sp³-hybridized carbons (Fsp3) is 0.0556. The number of hydrogen-bond donors (Lipinski definition) is 2. The van der Waals surface area contributed by atoms with Crippen molar-refractivity contribution in [3.05, 3.63) is 81.1 Å². The fourth-order valence-corrected chi connectivity index (χ4v) is 3.61. The van der Waals surface area contributed by atoms with E-state index in [4.69, 9.17) is 11.6 Å². The van der Waals surface area contributed by atoms with E-state index in [2.05, 4.69) is 20.0 Å². The predicted molar refractivity (Wildman–Crippen MR) is 110 cm³/mol. The molecule has 1 amide bonds. The Labute approximate surface area is 176 Å². The average Bonchev–Trinajstić information content (AvgIpc) is 2.67. The summed E-state index contributed by atoms with van der Waals surface area (Å²) >= 11 is 5.94. The van der Waals surface area contributed by atoms with Gasteiger partial charge in [0.2, 0.25) is 5.95 Å². The van der Waals surface area contributed by atoms with Gasteiger partial charge in [-0.2, -0.15) is 0 Å². The van der Waals surface area contributed by atoms with Gasteiger partial charge in [0.25, 0.3) is 21.6 Å². The summed E-state index contributed by atoms with van der Waals surface area (Å²) in [7, 11) is -3.92. The standard InChI is InChI=1S/C18H14ClN5O5S/c1-11-8-9-20-18(21-11)23-30(28,29)14-5-2-12(3-6-14)22-17(25)15-7-4-13(24(26)27)10-16(15)19/h2-10H,1H3,(H,22,25)(H,20,21,23). The maximum atomic E-state index is 12.4. The molecule has 0 unspecified atom stereocenters. The molecule has 0 aliphatic rings. The van der Waals surface area contributed by atoms with Gasteiger partial charge in [0, 0.05) is 29.7 Å². The number of aryl methyl sites for hydroxylation is 1. The van der Waals surface area contributed by atoms with E-state index >= 15 is 0 Å². The summed E-state index contributed by atoms with van der Waals surface area (Å²) in [5.41, 5.74) is 0.708. The van der Waals surface area contributed by atoms with Gasteiger partial charge in [-0.3, -0.25) is 14.9 Å². The Balaban J connectivity index is 1.74. The number of sulfonamides is 1. The van der Waals surface area contributed by atoms with E-state index in [0.29, 0.717) is 11.4 Å². The molecular formula is C18H14ClN5O5S. The number of halogens is 1. The topological polar surface area (TPSA) is 144 Å². The molecule has 0 aliphatic heterocycles. The average molecular weight is 448 g/mol. The normalized spacial score (nSPS) is 11.0. The Morgan fingerprint density at radius 3 is 2.43 bits per heavy atom. The van der Waals surface area contributed by atoms with Crippen LogP contribution in [-0.2, 0) is 10.0 Å². The number of amides is 1. The number of benzene rings is 2. The Morgan fingerprint density at radius 2 is 1.83 bits per heavy atom. The van der Waals surface area contributed by atoms with Gasteiger partial charge in [0.15, 0.2) is 0 Å². The van der Waals surface area contributed by atoms with E-state index in [1.165, 1.54) is 36.5 Å². The molecule has 154 valence electrons. The van der Waals surface area contributed by atoms with E-state index in [9.17, 15) is 23.3 Å². The number of nitro groups is 1. The molecule has 0 aliphatic carbocycles. The molecule has 30 heavy (non-hydrogen) atoms. The van der Waals surface area contributed by atoms with Gasteiger partial charge in [-0.15, -0.1) is 0 Å². The second kappa shape index (κ2) is 8.43. The summed E-state index contributed by atoms with van der Waals surface area (Å²) in [6.45, 7) is 1.70. The highest BCUT2D eigenvalue weighted by Crippen LogP contribution is 2.24. The van der Waals surface area contributed by atoms with E-state index in [1.54, 1.807) is 13.0 Å². The summed E-state index contributed by atoms with van der Waals surface area (Å²) in [4.78, 5) is 30.3. The number of carbonyl (C=O) groups is 1. The zero-order chi connectivity index (χ0) is 21.9. The number of anilines is 2. The lowest BCUT2D eigenvalue weighted by Gasteiger charge is -2.09. The van der Waals surface area contributed by atoms with Crippen LogP contribution in [0.5, 0.6) is 0 Å². The maximum absolute atomic E-state index is 12.4. The van der Waals surface area contributed by atoms with Gasteiger partial charge < -0.3 is 5.32 Å². The highest BCUT2D eigenvalue weighted by molar-refractivity contribution is 7.92. The van der Waals surface area contributed by atoms with Crippen LogP contribution in [0.2, 0.25) is 5.02 Å². The molecule has 1 aromatic heterocycles. The zero-order valence-electron chi connectivity index (χ0n) is 15.4. The summed E-state index contributed by atoms with van der Waals surface area (Å²) in [6.07, 6.45) is 1.43. The lowest BCUT2D eigenvalue weighted by molar-refractivity contribution is -0.384. The number of nitrogens with one attached hydrogen (secondary N) is 2. The summed E-state index contributed by atoms with van der Waals surface area (Å²) in [5, 5.41) is 13.2. The van der Waals surface area contributed by atoms with Crippen molar-refractivity contribution in [2.24, 2.45) is 0 Å². The van der Waals surface area contributed by atoms with Gasteiger partial charge in [-0.05, 0) is 43.3 Å². The summed E-state index contributed by atoms with van der Waals surface area (Å²) < 4.78 is 27.2. The number of hydrogen-bond acceptors (Lipinski definition) is 7. The van der Waals surface area contributed by atoms with E-state index in [-0.39, 0.29) is 27.1 Å². The molecular weight excluding hydrogens is 434 g/mol. The minimum Gasteiger partial charge on any atom is -0.322 e. The lowest BCUT2D eigenvalue weighted by Crippen LogP contribution is -2.16. The molecule has 2 N–H and O–H groups in total. The van der Waals surface area contributed by atoms with Crippen LogP contribution in [0.1, 0.15) is 16.1 Å². The van der Waals surface area contributed by atoms with Crippen LogP contribution in [0.3, 0.4) is 0 Å². The second-order valence-corrected chi connectivity index (χ2v) is 8.12. The summed E-state index contributed by atoms with van der Waals surface area (Å²) in [6, 6.07) is 10.5. The van der Waals surface area contributed by atoms with Crippen molar-refractivity contribution in [3.63, 3.8) is 0 Å². The largest absolute Gasteiger partial charge is 0.322 e. The number of carbonyl (C=O) groups excluding carboxylic acids is 1. The molecule has 12 heteroatoms. The summed E-state index contributed by atoms with van der Waals surface area (Å²) in [5.74, 6) is -0.656. The van der Waals surface area contributed by atoms with Crippen LogP contribution in [-0.4, -0.2) is 29.2 Å². The van der Waals surface area contributed by atoms with Crippen LogP contribution in [0.25, 0.3) is 0 Å². The quantitative estimate of drug-likeness (QED) is 0.435. The van der Waals surface area contributed by atoms with Crippen LogP contribution in [0.15, 0.2) is 59.6 Å². The van der Waals surface area contributed by atoms with Crippen LogP contribution >= 0.6 is 11.6 Å². The van der Waals surface area contributed by atoms with Crippen molar-refractivity contribution in [2.75, 3.05) is 10.0 Å². The van der Waals surface area contributed by atoms with E-state index in [1.807, 2.05) is 0 Å². The highest BCUT2D eigenvalue weighted by atomic mass is 35.5. The predicted octanol–water partition coefficient (Wildman–Crippen LogP) is 3.40. The molecule has 10 nitrogen and oxygen atoms in total. The zero-order valence-corrected chi connectivity index (χ0v) is 16.9. The van der Waals surface area contributed by atoms with Crippen molar-refractivity contribution in [1.29, 1.82) is 0 Å².